The van der Waals surface area contributed by atoms with Crippen molar-refractivity contribution < 1.29 is 14.6 Å². The number of hydrogen-bond donors (Lipinski definition) is 1. The number of ether oxygens (including phenoxy) is 1. The molecule has 2 atom stereocenters. The first kappa shape index (κ1) is 15.6. The number of carbonyl (C=O) groups is 1. The minimum atomic E-state index is -0.926. The highest BCUT2D eigenvalue weighted by molar-refractivity contribution is 5.87. The molecule has 0 spiro atoms. The van der Waals surface area contributed by atoms with Gasteiger partial charge in [-0.05, 0) is 44.0 Å². The van der Waals surface area contributed by atoms with Crippen molar-refractivity contribution in [1.29, 1.82) is 0 Å². The SMILES string of the molecule is CCC1COC(C)CN1c1ccc(C)cc1/C=C/C(=O)O. The molecule has 1 aromatic carbocycles. The quantitative estimate of drug-likeness (QED) is 0.865. The molecule has 0 amide bonds. The van der Waals surface area contributed by atoms with E-state index in [1.165, 1.54) is 6.08 Å². The Labute approximate surface area is 126 Å². The summed E-state index contributed by atoms with van der Waals surface area (Å²) in [6.07, 6.45) is 4.06. The van der Waals surface area contributed by atoms with E-state index < -0.39 is 5.97 Å². The molecular weight excluding hydrogens is 266 g/mol. The minimum Gasteiger partial charge on any atom is -0.478 e. The predicted molar refractivity (Wildman–Crippen MR) is 84.7 cm³/mol. The van der Waals surface area contributed by atoms with Crippen LogP contribution < -0.4 is 4.90 Å². The highest BCUT2D eigenvalue weighted by Gasteiger charge is 2.26. The number of rotatable bonds is 4. The second-order valence-corrected chi connectivity index (χ2v) is 5.59. The molecular formula is C17H23NO3. The van der Waals surface area contributed by atoms with Crippen LogP contribution in [0.3, 0.4) is 0 Å². The molecule has 1 aromatic rings. The molecule has 1 fully saturated rings. The van der Waals surface area contributed by atoms with Crippen molar-refractivity contribution in [2.24, 2.45) is 0 Å². The van der Waals surface area contributed by atoms with E-state index in [0.29, 0.717) is 12.6 Å². The Hall–Kier alpha value is -1.81. The Balaban J connectivity index is 2.38. The fourth-order valence-corrected chi connectivity index (χ4v) is 2.71. The normalized spacial score (nSPS) is 22.7. The van der Waals surface area contributed by atoms with Gasteiger partial charge in [0.15, 0.2) is 0 Å². The molecule has 21 heavy (non-hydrogen) atoms. The highest BCUT2D eigenvalue weighted by Crippen LogP contribution is 2.29. The van der Waals surface area contributed by atoms with Crippen LogP contribution in [0.5, 0.6) is 0 Å². The van der Waals surface area contributed by atoms with Crippen LogP contribution in [0, 0.1) is 6.92 Å². The molecule has 0 aromatic heterocycles. The number of carboxylic acid groups (broad SMARTS) is 1. The summed E-state index contributed by atoms with van der Waals surface area (Å²) in [5.74, 6) is -0.926. The first-order valence-corrected chi connectivity index (χ1v) is 7.41. The van der Waals surface area contributed by atoms with E-state index in [1.807, 2.05) is 13.0 Å². The summed E-state index contributed by atoms with van der Waals surface area (Å²) in [6, 6.07) is 6.51. The van der Waals surface area contributed by atoms with Crippen molar-refractivity contribution in [2.75, 3.05) is 18.1 Å². The lowest BCUT2D eigenvalue weighted by molar-refractivity contribution is -0.131. The van der Waals surface area contributed by atoms with Gasteiger partial charge in [-0.3, -0.25) is 0 Å². The molecule has 2 unspecified atom stereocenters. The van der Waals surface area contributed by atoms with Crippen molar-refractivity contribution in [3.05, 3.63) is 35.4 Å². The van der Waals surface area contributed by atoms with Gasteiger partial charge in [-0.15, -0.1) is 0 Å². The van der Waals surface area contributed by atoms with Gasteiger partial charge in [-0.2, -0.15) is 0 Å². The van der Waals surface area contributed by atoms with E-state index in [2.05, 4.69) is 30.9 Å². The number of carboxylic acids is 1. The lowest BCUT2D eigenvalue weighted by Crippen LogP contribution is -2.49. The van der Waals surface area contributed by atoms with Gasteiger partial charge >= 0.3 is 5.97 Å². The molecule has 0 radical (unpaired) electrons. The summed E-state index contributed by atoms with van der Waals surface area (Å²) >= 11 is 0. The largest absolute Gasteiger partial charge is 0.478 e. The molecule has 0 bridgehead atoms. The molecule has 0 aliphatic carbocycles. The summed E-state index contributed by atoms with van der Waals surface area (Å²) in [7, 11) is 0. The van der Waals surface area contributed by atoms with E-state index in [9.17, 15) is 4.79 Å². The van der Waals surface area contributed by atoms with E-state index >= 15 is 0 Å². The summed E-state index contributed by atoms with van der Waals surface area (Å²) < 4.78 is 5.74. The maximum atomic E-state index is 10.8. The standard InChI is InChI=1S/C17H23NO3/c1-4-15-11-21-13(3)10-18(15)16-7-5-12(2)9-14(16)6-8-17(19)20/h5-9,13,15H,4,10-11H2,1-3H3,(H,19,20)/b8-6+. The van der Waals surface area contributed by atoms with Crippen LogP contribution in [0.2, 0.25) is 0 Å². The molecule has 114 valence electrons. The summed E-state index contributed by atoms with van der Waals surface area (Å²) in [4.78, 5) is 13.1. The maximum Gasteiger partial charge on any atom is 0.328 e. The van der Waals surface area contributed by atoms with E-state index in [1.54, 1.807) is 6.08 Å². The second-order valence-electron chi connectivity index (χ2n) is 5.59. The molecule has 1 saturated heterocycles. The van der Waals surface area contributed by atoms with Crippen LogP contribution in [-0.2, 0) is 9.53 Å². The van der Waals surface area contributed by atoms with Gasteiger partial charge in [0.25, 0.3) is 0 Å². The lowest BCUT2D eigenvalue weighted by atomic mass is 10.0. The van der Waals surface area contributed by atoms with Gasteiger partial charge in [0.1, 0.15) is 0 Å². The van der Waals surface area contributed by atoms with Crippen LogP contribution in [0.15, 0.2) is 24.3 Å². The zero-order chi connectivity index (χ0) is 15.4. The Morgan fingerprint density at radius 1 is 1.52 bits per heavy atom. The topological polar surface area (TPSA) is 49.8 Å². The Bertz CT molecular complexity index is 539. The number of nitrogens with zero attached hydrogens (tertiary/aromatic N) is 1. The molecule has 1 N–H and O–H groups in total. The number of morpholine rings is 1. The predicted octanol–water partition coefficient (Wildman–Crippen LogP) is 3.10. The molecule has 1 heterocycles. The average Bonchev–Trinajstić information content (AvgIpc) is 2.45. The van der Waals surface area contributed by atoms with Crippen molar-refractivity contribution in [1.82, 2.24) is 0 Å². The van der Waals surface area contributed by atoms with Crippen molar-refractivity contribution in [2.45, 2.75) is 39.3 Å². The molecule has 2 rings (SSSR count). The smallest absolute Gasteiger partial charge is 0.328 e. The van der Waals surface area contributed by atoms with Crippen molar-refractivity contribution in [3.63, 3.8) is 0 Å². The van der Waals surface area contributed by atoms with Crippen LogP contribution in [-0.4, -0.2) is 36.4 Å². The summed E-state index contributed by atoms with van der Waals surface area (Å²) in [5.41, 5.74) is 3.16. The maximum absolute atomic E-state index is 10.8. The molecule has 4 heteroatoms. The van der Waals surface area contributed by atoms with Gasteiger partial charge in [-0.25, -0.2) is 4.79 Å². The fraction of sp³-hybridized carbons (Fsp3) is 0.471. The third-order valence-electron chi connectivity index (χ3n) is 3.84. The van der Waals surface area contributed by atoms with E-state index in [0.717, 1.165) is 29.8 Å². The highest BCUT2D eigenvalue weighted by atomic mass is 16.5. The number of aryl methyl sites for hydroxylation is 1. The number of anilines is 1. The monoisotopic (exact) mass is 289 g/mol. The van der Waals surface area contributed by atoms with Gasteiger partial charge in [0.05, 0.1) is 18.8 Å². The van der Waals surface area contributed by atoms with Crippen LogP contribution in [0.25, 0.3) is 6.08 Å². The Kier molecular flexibility index (Phi) is 5.02. The third-order valence-corrected chi connectivity index (χ3v) is 3.84. The van der Waals surface area contributed by atoms with Gasteiger partial charge in [-0.1, -0.05) is 18.6 Å². The molecule has 4 nitrogen and oxygen atoms in total. The average molecular weight is 289 g/mol. The van der Waals surface area contributed by atoms with Gasteiger partial charge in [0, 0.05) is 18.3 Å². The van der Waals surface area contributed by atoms with Gasteiger partial charge in [0.2, 0.25) is 0 Å². The van der Waals surface area contributed by atoms with Crippen molar-refractivity contribution in [3.8, 4) is 0 Å². The minimum absolute atomic E-state index is 0.186. The number of benzene rings is 1. The molecule has 1 aliphatic heterocycles. The Morgan fingerprint density at radius 3 is 2.95 bits per heavy atom. The third kappa shape index (κ3) is 3.85. The van der Waals surface area contributed by atoms with Crippen LogP contribution in [0.1, 0.15) is 31.4 Å². The van der Waals surface area contributed by atoms with E-state index in [4.69, 9.17) is 9.84 Å². The van der Waals surface area contributed by atoms with Gasteiger partial charge < -0.3 is 14.7 Å². The van der Waals surface area contributed by atoms with Crippen LogP contribution >= 0.6 is 0 Å². The Morgan fingerprint density at radius 2 is 2.29 bits per heavy atom. The molecule has 1 aliphatic rings. The number of hydrogen-bond acceptors (Lipinski definition) is 3. The zero-order valence-electron chi connectivity index (χ0n) is 12.9. The summed E-state index contributed by atoms with van der Waals surface area (Å²) in [5, 5.41) is 8.87. The first-order chi connectivity index (χ1) is 10.0. The fourth-order valence-electron chi connectivity index (χ4n) is 2.71. The van der Waals surface area contributed by atoms with Crippen LogP contribution in [0.4, 0.5) is 5.69 Å². The van der Waals surface area contributed by atoms with Crippen molar-refractivity contribution >= 4 is 17.7 Å². The molecule has 0 saturated carbocycles. The second kappa shape index (κ2) is 6.76. The first-order valence-electron chi connectivity index (χ1n) is 7.41. The summed E-state index contributed by atoms with van der Waals surface area (Å²) in [6.45, 7) is 7.78. The van der Waals surface area contributed by atoms with E-state index in [-0.39, 0.29) is 6.10 Å². The zero-order valence-corrected chi connectivity index (χ0v) is 12.9. The lowest BCUT2D eigenvalue weighted by Gasteiger charge is -2.40. The number of aliphatic carboxylic acids is 1.